The van der Waals surface area contributed by atoms with Gasteiger partial charge in [0.05, 0.1) is 19.3 Å². The number of aryl methyl sites for hydroxylation is 2. The molecule has 142 valence electrons. The summed E-state index contributed by atoms with van der Waals surface area (Å²) in [5, 5.41) is 8.35. The average molecular weight is 367 g/mol. The molecule has 1 atom stereocenters. The molecule has 0 N–H and O–H groups in total. The van der Waals surface area contributed by atoms with Gasteiger partial charge in [-0.05, 0) is 50.9 Å². The molecule has 1 aliphatic heterocycles. The molecule has 1 aliphatic rings. The minimum atomic E-state index is 0.372. The number of likely N-dealkylation sites (tertiary alicyclic amines) is 1. The minimum absolute atomic E-state index is 0.372. The van der Waals surface area contributed by atoms with Crippen molar-refractivity contribution in [2.75, 3.05) is 13.7 Å². The lowest BCUT2D eigenvalue weighted by Gasteiger charge is -2.25. The first-order valence-electron chi connectivity index (χ1n) is 9.30. The van der Waals surface area contributed by atoms with E-state index in [4.69, 9.17) is 9.26 Å². The van der Waals surface area contributed by atoms with Gasteiger partial charge >= 0.3 is 0 Å². The summed E-state index contributed by atoms with van der Waals surface area (Å²) in [6.07, 6.45) is 5.61. The van der Waals surface area contributed by atoms with Gasteiger partial charge in [-0.15, -0.1) is 0 Å². The molecule has 3 heterocycles. The average Bonchev–Trinajstić information content (AvgIpc) is 3.39. The van der Waals surface area contributed by atoms with Crippen LogP contribution in [0.2, 0.25) is 0 Å². The Balaban J connectivity index is 1.56. The number of methoxy groups -OCH3 is 1. The molecular formula is C20H25N5O2. The summed E-state index contributed by atoms with van der Waals surface area (Å²) < 4.78 is 12.8. The van der Waals surface area contributed by atoms with Crippen molar-refractivity contribution in [1.29, 1.82) is 0 Å². The lowest BCUT2D eigenvalue weighted by molar-refractivity contribution is 0.245. The summed E-state index contributed by atoms with van der Waals surface area (Å²) in [7, 11) is 1.70. The van der Waals surface area contributed by atoms with E-state index in [1.807, 2.05) is 24.6 Å². The van der Waals surface area contributed by atoms with E-state index in [9.17, 15) is 0 Å². The summed E-state index contributed by atoms with van der Waals surface area (Å²) in [5.41, 5.74) is 4.63. The Labute approximate surface area is 158 Å². The van der Waals surface area contributed by atoms with E-state index in [0.29, 0.717) is 12.6 Å². The molecule has 1 aromatic carbocycles. The smallest absolute Gasteiger partial charge is 0.138 e. The fourth-order valence-electron chi connectivity index (χ4n) is 4.09. The first kappa shape index (κ1) is 17.7. The number of ether oxygens (including phenoxy) is 1. The Morgan fingerprint density at radius 3 is 2.85 bits per heavy atom. The fraction of sp³-hybridized carbons (Fsp3) is 0.450. The van der Waals surface area contributed by atoms with Gasteiger partial charge in [0.2, 0.25) is 0 Å². The van der Waals surface area contributed by atoms with Crippen LogP contribution in [0, 0.1) is 13.8 Å². The molecule has 1 saturated heterocycles. The predicted octanol–water partition coefficient (Wildman–Crippen LogP) is 3.28. The first-order valence-corrected chi connectivity index (χ1v) is 9.30. The zero-order valence-corrected chi connectivity index (χ0v) is 16.1. The summed E-state index contributed by atoms with van der Waals surface area (Å²) in [6.45, 7) is 6.66. The molecule has 0 spiro atoms. The highest BCUT2D eigenvalue weighted by molar-refractivity contribution is 5.37. The Hall–Kier alpha value is -2.67. The molecule has 0 bridgehead atoms. The molecule has 7 nitrogen and oxygen atoms in total. The second kappa shape index (κ2) is 7.52. The van der Waals surface area contributed by atoms with Crippen LogP contribution in [-0.4, -0.2) is 38.5 Å². The molecular weight excluding hydrogens is 342 g/mol. The molecule has 4 rings (SSSR count). The number of hydrogen-bond acceptors (Lipinski definition) is 6. The predicted molar refractivity (Wildman–Crippen MR) is 100 cm³/mol. The van der Waals surface area contributed by atoms with Gasteiger partial charge in [0.1, 0.15) is 24.2 Å². The zero-order chi connectivity index (χ0) is 18.8. The first-order chi connectivity index (χ1) is 13.2. The molecule has 0 radical (unpaired) electrons. The molecule has 0 unspecified atom stereocenters. The molecule has 0 saturated carbocycles. The van der Waals surface area contributed by atoms with Crippen LogP contribution < -0.4 is 4.74 Å². The van der Waals surface area contributed by atoms with Crippen LogP contribution in [0.3, 0.4) is 0 Å². The van der Waals surface area contributed by atoms with E-state index < -0.39 is 0 Å². The Morgan fingerprint density at radius 1 is 1.26 bits per heavy atom. The second-order valence-corrected chi connectivity index (χ2v) is 7.11. The van der Waals surface area contributed by atoms with Gasteiger partial charge in [-0.1, -0.05) is 11.2 Å². The summed E-state index contributed by atoms with van der Waals surface area (Å²) >= 11 is 0. The Morgan fingerprint density at radius 2 is 2.15 bits per heavy atom. The van der Waals surface area contributed by atoms with Crippen molar-refractivity contribution in [2.24, 2.45) is 0 Å². The van der Waals surface area contributed by atoms with Gasteiger partial charge < -0.3 is 9.26 Å². The van der Waals surface area contributed by atoms with Crippen LogP contribution in [0.4, 0.5) is 0 Å². The third kappa shape index (κ3) is 3.60. The number of rotatable bonds is 6. The summed E-state index contributed by atoms with van der Waals surface area (Å²) in [5.74, 6) is 1.81. The van der Waals surface area contributed by atoms with E-state index in [1.165, 1.54) is 17.5 Å². The van der Waals surface area contributed by atoms with Crippen LogP contribution in [-0.2, 0) is 13.1 Å². The molecule has 1 fully saturated rings. The standard InChI is InChI=1S/C20H25N5O2/c1-14-20(15(2)27-23-14)18-5-4-8-24(18)10-16-6-7-19(26-3)17(9-16)11-25-13-21-12-22-25/h6-7,9,12-13,18H,4-5,8,10-11H2,1-3H3/t18-/m0/s1. The van der Waals surface area contributed by atoms with Crippen LogP contribution in [0.5, 0.6) is 5.75 Å². The molecule has 7 heteroatoms. The number of aromatic nitrogens is 4. The SMILES string of the molecule is COc1ccc(CN2CCC[C@H]2c2c(C)noc2C)cc1Cn1cncn1. The lowest BCUT2D eigenvalue weighted by Crippen LogP contribution is -2.23. The fourth-order valence-corrected chi connectivity index (χ4v) is 4.09. The number of benzene rings is 1. The minimum Gasteiger partial charge on any atom is -0.496 e. The molecule has 0 aliphatic carbocycles. The third-order valence-electron chi connectivity index (χ3n) is 5.31. The summed E-state index contributed by atoms with van der Waals surface area (Å²) in [4.78, 5) is 6.54. The van der Waals surface area contributed by atoms with Crippen molar-refractivity contribution < 1.29 is 9.26 Å². The highest BCUT2D eigenvalue weighted by Crippen LogP contribution is 2.36. The van der Waals surface area contributed by atoms with E-state index in [-0.39, 0.29) is 0 Å². The zero-order valence-electron chi connectivity index (χ0n) is 16.1. The van der Waals surface area contributed by atoms with Gasteiger partial charge in [0.15, 0.2) is 0 Å². The molecule has 0 amide bonds. The topological polar surface area (TPSA) is 69.2 Å². The number of hydrogen-bond donors (Lipinski definition) is 0. The number of nitrogens with zero attached hydrogens (tertiary/aromatic N) is 5. The van der Waals surface area contributed by atoms with Crippen molar-refractivity contribution in [3.63, 3.8) is 0 Å². The third-order valence-corrected chi connectivity index (χ3v) is 5.31. The highest BCUT2D eigenvalue weighted by atomic mass is 16.5. The molecule has 3 aromatic rings. The van der Waals surface area contributed by atoms with Gasteiger partial charge in [-0.25, -0.2) is 9.67 Å². The Kier molecular flexibility index (Phi) is 4.94. The maximum atomic E-state index is 5.53. The van der Waals surface area contributed by atoms with Crippen LogP contribution >= 0.6 is 0 Å². The van der Waals surface area contributed by atoms with Crippen molar-refractivity contribution in [1.82, 2.24) is 24.8 Å². The largest absolute Gasteiger partial charge is 0.496 e. The molecule has 2 aromatic heterocycles. The van der Waals surface area contributed by atoms with Crippen LogP contribution in [0.1, 0.15) is 47.0 Å². The normalized spacial score (nSPS) is 17.5. The van der Waals surface area contributed by atoms with Crippen molar-refractivity contribution in [3.8, 4) is 5.75 Å². The van der Waals surface area contributed by atoms with Gasteiger partial charge in [0.25, 0.3) is 0 Å². The maximum Gasteiger partial charge on any atom is 0.138 e. The quantitative estimate of drug-likeness (QED) is 0.666. The van der Waals surface area contributed by atoms with Crippen molar-refractivity contribution in [3.05, 3.63) is 59.0 Å². The highest BCUT2D eigenvalue weighted by Gasteiger charge is 2.30. The molecule has 27 heavy (non-hydrogen) atoms. The summed E-state index contributed by atoms with van der Waals surface area (Å²) in [6, 6.07) is 6.77. The van der Waals surface area contributed by atoms with Gasteiger partial charge in [-0.3, -0.25) is 4.90 Å². The van der Waals surface area contributed by atoms with E-state index >= 15 is 0 Å². The van der Waals surface area contributed by atoms with Crippen LogP contribution in [0.25, 0.3) is 0 Å². The van der Waals surface area contributed by atoms with E-state index in [2.05, 4.69) is 32.3 Å². The Bertz CT molecular complexity index is 884. The lowest BCUT2D eigenvalue weighted by atomic mass is 10.0. The second-order valence-electron chi connectivity index (χ2n) is 7.11. The van der Waals surface area contributed by atoms with Gasteiger partial charge in [-0.2, -0.15) is 5.10 Å². The van der Waals surface area contributed by atoms with Crippen molar-refractivity contribution in [2.45, 2.75) is 45.8 Å². The van der Waals surface area contributed by atoms with Crippen molar-refractivity contribution >= 4 is 0 Å². The monoisotopic (exact) mass is 367 g/mol. The van der Waals surface area contributed by atoms with Crippen LogP contribution in [0.15, 0.2) is 35.4 Å². The maximum absolute atomic E-state index is 5.53. The van der Waals surface area contributed by atoms with E-state index in [0.717, 1.165) is 42.3 Å². The van der Waals surface area contributed by atoms with E-state index in [1.54, 1.807) is 19.8 Å². The van der Waals surface area contributed by atoms with Gasteiger partial charge in [0, 0.05) is 23.7 Å².